The van der Waals surface area contributed by atoms with Crippen molar-refractivity contribution in [2.45, 2.75) is 13.3 Å². The van der Waals surface area contributed by atoms with Gasteiger partial charge >= 0.3 is 0 Å². The van der Waals surface area contributed by atoms with E-state index in [1.54, 1.807) is 14.2 Å². The lowest BCUT2D eigenvalue weighted by molar-refractivity contribution is -0.106. The molecule has 1 aliphatic heterocycles. The Hall–Kier alpha value is -1.26. The molecule has 0 radical (unpaired) electrons. The van der Waals surface area contributed by atoms with Crippen LogP contribution in [0.25, 0.3) is 0 Å². The third-order valence-electron chi connectivity index (χ3n) is 3.61. The van der Waals surface area contributed by atoms with Crippen molar-refractivity contribution in [3.05, 3.63) is 23.3 Å². The summed E-state index contributed by atoms with van der Waals surface area (Å²) in [6, 6.07) is 4.06. The zero-order chi connectivity index (χ0) is 13.2. The molecule has 1 aromatic carbocycles. The first-order valence-corrected chi connectivity index (χ1v) is 6.13. The summed E-state index contributed by atoms with van der Waals surface area (Å²) in [5.74, 6) is 1.78. The zero-order valence-electron chi connectivity index (χ0n) is 11.3. The minimum absolute atomic E-state index is 0.0630. The van der Waals surface area contributed by atoms with E-state index in [0.29, 0.717) is 6.54 Å². The highest BCUT2D eigenvalue weighted by Gasteiger charge is 2.38. The molecular formula is C14H21NO3. The number of hydrogen-bond donors (Lipinski definition) is 1. The normalized spacial score (nSPS) is 17.1. The SMILES string of the molecule is COc1cc(CC2(CN)COC2)c(OC)cc1C. The van der Waals surface area contributed by atoms with Gasteiger partial charge in [0, 0.05) is 12.0 Å². The van der Waals surface area contributed by atoms with Gasteiger partial charge < -0.3 is 19.9 Å². The molecule has 1 fully saturated rings. The van der Waals surface area contributed by atoms with Gasteiger partial charge in [0.05, 0.1) is 27.4 Å². The molecule has 0 aromatic heterocycles. The lowest BCUT2D eigenvalue weighted by atomic mass is 9.79. The lowest BCUT2D eigenvalue weighted by Crippen LogP contribution is -2.49. The smallest absolute Gasteiger partial charge is 0.122 e. The van der Waals surface area contributed by atoms with Gasteiger partial charge in [0.2, 0.25) is 0 Å². The van der Waals surface area contributed by atoms with Gasteiger partial charge in [0.15, 0.2) is 0 Å². The van der Waals surface area contributed by atoms with Crippen LogP contribution >= 0.6 is 0 Å². The molecule has 0 amide bonds. The maximum atomic E-state index is 5.86. The summed E-state index contributed by atoms with van der Waals surface area (Å²) >= 11 is 0. The van der Waals surface area contributed by atoms with Crippen LogP contribution < -0.4 is 15.2 Å². The third-order valence-corrected chi connectivity index (χ3v) is 3.61. The van der Waals surface area contributed by atoms with Crippen LogP contribution in [0.3, 0.4) is 0 Å². The number of nitrogens with two attached hydrogens (primary N) is 1. The minimum Gasteiger partial charge on any atom is -0.496 e. The van der Waals surface area contributed by atoms with Crippen molar-refractivity contribution >= 4 is 0 Å². The molecule has 1 aliphatic rings. The molecule has 1 aromatic rings. The predicted molar refractivity (Wildman–Crippen MR) is 70.3 cm³/mol. The van der Waals surface area contributed by atoms with Crippen molar-refractivity contribution in [3.8, 4) is 11.5 Å². The second-order valence-electron chi connectivity index (χ2n) is 5.01. The Kier molecular flexibility index (Phi) is 3.78. The maximum Gasteiger partial charge on any atom is 0.122 e. The van der Waals surface area contributed by atoms with Crippen molar-refractivity contribution in [1.82, 2.24) is 0 Å². The molecule has 4 nitrogen and oxygen atoms in total. The summed E-state index contributed by atoms with van der Waals surface area (Å²) in [5, 5.41) is 0. The van der Waals surface area contributed by atoms with Crippen LogP contribution in [-0.4, -0.2) is 34.0 Å². The van der Waals surface area contributed by atoms with Gasteiger partial charge in [0.1, 0.15) is 11.5 Å². The highest BCUT2D eigenvalue weighted by Crippen LogP contribution is 2.36. The maximum absolute atomic E-state index is 5.86. The van der Waals surface area contributed by atoms with Crippen LogP contribution in [0.4, 0.5) is 0 Å². The number of methoxy groups -OCH3 is 2. The van der Waals surface area contributed by atoms with E-state index in [-0.39, 0.29) is 5.41 Å². The number of rotatable bonds is 5. The lowest BCUT2D eigenvalue weighted by Gasteiger charge is -2.41. The Bertz CT molecular complexity index is 422. The van der Waals surface area contributed by atoms with Crippen LogP contribution in [0.5, 0.6) is 11.5 Å². The molecule has 0 bridgehead atoms. The van der Waals surface area contributed by atoms with Crippen LogP contribution in [0.15, 0.2) is 12.1 Å². The number of hydrogen-bond acceptors (Lipinski definition) is 4. The Morgan fingerprint density at radius 2 is 1.89 bits per heavy atom. The number of benzene rings is 1. The van der Waals surface area contributed by atoms with Crippen LogP contribution in [0, 0.1) is 12.3 Å². The molecular weight excluding hydrogens is 230 g/mol. The van der Waals surface area contributed by atoms with E-state index in [4.69, 9.17) is 19.9 Å². The monoisotopic (exact) mass is 251 g/mol. The molecule has 0 saturated carbocycles. The Balaban J connectivity index is 2.30. The molecule has 2 rings (SSSR count). The van der Waals surface area contributed by atoms with Gasteiger partial charge in [-0.3, -0.25) is 0 Å². The first kappa shape index (κ1) is 13.2. The molecule has 0 atom stereocenters. The van der Waals surface area contributed by atoms with E-state index in [1.165, 1.54) is 0 Å². The number of aryl methyl sites for hydroxylation is 1. The average Bonchev–Trinajstić information content (AvgIpc) is 2.34. The largest absolute Gasteiger partial charge is 0.496 e. The Labute approximate surface area is 108 Å². The Morgan fingerprint density at radius 3 is 2.33 bits per heavy atom. The molecule has 0 unspecified atom stereocenters. The van der Waals surface area contributed by atoms with Crippen LogP contribution in [0.2, 0.25) is 0 Å². The molecule has 18 heavy (non-hydrogen) atoms. The second kappa shape index (κ2) is 5.16. The average molecular weight is 251 g/mol. The van der Waals surface area contributed by atoms with E-state index >= 15 is 0 Å². The van der Waals surface area contributed by atoms with E-state index in [1.807, 2.05) is 19.1 Å². The highest BCUT2D eigenvalue weighted by molar-refractivity contribution is 5.46. The van der Waals surface area contributed by atoms with Crippen molar-refractivity contribution in [2.75, 3.05) is 34.0 Å². The highest BCUT2D eigenvalue weighted by atomic mass is 16.5. The standard InChI is InChI=1S/C14H21NO3/c1-10-4-13(17-3)11(5-12(10)16-2)6-14(7-15)8-18-9-14/h4-5H,6-9,15H2,1-3H3. The summed E-state index contributed by atoms with van der Waals surface area (Å²) in [6.07, 6.45) is 0.864. The Morgan fingerprint density at radius 1 is 1.22 bits per heavy atom. The number of ether oxygens (including phenoxy) is 3. The summed E-state index contributed by atoms with van der Waals surface area (Å²) in [4.78, 5) is 0. The van der Waals surface area contributed by atoms with Crippen molar-refractivity contribution in [1.29, 1.82) is 0 Å². The molecule has 0 spiro atoms. The van der Waals surface area contributed by atoms with Gasteiger partial charge in [-0.05, 0) is 36.6 Å². The van der Waals surface area contributed by atoms with Crippen molar-refractivity contribution < 1.29 is 14.2 Å². The molecule has 2 N–H and O–H groups in total. The van der Waals surface area contributed by atoms with Gasteiger partial charge in [-0.2, -0.15) is 0 Å². The first-order chi connectivity index (χ1) is 8.64. The summed E-state index contributed by atoms with van der Waals surface area (Å²) in [6.45, 7) is 4.09. The fraction of sp³-hybridized carbons (Fsp3) is 0.571. The summed E-state index contributed by atoms with van der Waals surface area (Å²) in [7, 11) is 3.38. The molecule has 100 valence electrons. The fourth-order valence-corrected chi connectivity index (χ4v) is 2.34. The van der Waals surface area contributed by atoms with E-state index in [0.717, 1.165) is 42.3 Å². The molecule has 0 aliphatic carbocycles. The minimum atomic E-state index is 0.0630. The molecule has 1 heterocycles. The van der Waals surface area contributed by atoms with Crippen LogP contribution in [-0.2, 0) is 11.2 Å². The van der Waals surface area contributed by atoms with Gasteiger partial charge in [-0.1, -0.05) is 0 Å². The van der Waals surface area contributed by atoms with Gasteiger partial charge in [-0.15, -0.1) is 0 Å². The van der Waals surface area contributed by atoms with E-state index in [2.05, 4.69) is 0 Å². The summed E-state index contributed by atoms with van der Waals surface area (Å²) < 4.78 is 16.1. The first-order valence-electron chi connectivity index (χ1n) is 6.13. The van der Waals surface area contributed by atoms with Crippen molar-refractivity contribution in [2.24, 2.45) is 11.1 Å². The van der Waals surface area contributed by atoms with Gasteiger partial charge in [0.25, 0.3) is 0 Å². The van der Waals surface area contributed by atoms with E-state index < -0.39 is 0 Å². The fourth-order valence-electron chi connectivity index (χ4n) is 2.34. The topological polar surface area (TPSA) is 53.7 Å². The molecule has 4 heteroatoms. The molecule has 1 saturated heterocycles. The van der Waals surface area contributed by atoms with Crippen LogP contribution in [0.1, 0.15) is 11.1 Å². The van der Waals surface area contributed by atoms with E-state index in [9.17, 15) is 0 Å². The summed E-state index contributed by atoms with van der Waals surface area (Å²) in [5.41, 5.74) is 8.13. The third kappa shape index (κ3) is 2.31. The zero-order valence-corrected chi connectivity index (χ0v) is 11.3. The quantitative estimate of drug-likeness (QED) is 0.862. The van der Waals surface area contributed by atoms with Crippen molar-refractivity contribution in [3.63, 3.8) is 0 Å². The predicted octanol–water partition coefficient (Wildman–Crippen LogP) is 1.53. The van der Waals surface area contributed by atoms with Gasteiger partial charge in [-0.25, -0.2) is 0 Å². The second-order valence-corrected chi connectivity index (χ2v) is 5.01.